The molecule has 0 aliphatic heterocycles. The zero-order valence-electron chi connectivity index (χ0n) is 10.6. The summed E-state index contributed by atoms with van der Waals surface area (Å²) in [5.74, 6) is -0.373. The average Bonchev–Trinajstić information content (AvgIpc) is 2.44. The Morgan fingerprint density at radius 2 is 1.70 bits per heavy atom. The number of esters is 1. The first-order valence-corrected chi connectivity index (χ1v) is 6.52. The molecule has 0 saturated heterocycles. The van der Waals surface area contributed by atoms with E-state index in [4.69, 9.17) is 23.2 Å². The number of halogens is 2. The molecule has 0 N–H and O–H groups in total. The van der Waals surface area contributed by atoms with Crippen molar-refractivity contribution in [3.05, 3.63) is 63.6 Å². The number of carbonyl (C=O) groups is 1. The highest BCUT2D eigenvalue weighted by atomic mass is 35.5. The zero-order valence-corrected chi connectivity index (χ0v) is 12.2. The van der Waals surface area contributed by atoms with Crippen molar-refractivity contribution in [1.29, 1.82) is 0 Å². The summed E-state index contributed by atoms with van der Waals surface area (Å²) in [7, 11) is 1.34. The van der Waals surface area contributed by atoms with Crippen molar-refractivity contribution in [2.24, 2.45) is 4.99 Å². The van der Waals surface area contributed by atoms with E-state index in [2.05, 4.69) is 9.73 Å². The van der Waals surface area contributed by atoms with Crippen LogP contribution in [0.3, 0.4) is 0 Å². The Balaban J connectivity index is 2.17. The minimum atomic E-state index is -0.373. The third-order valence-corrected chi connectivity index (χ3v) is 2.97. The Morgan fingerprint density at radius 3 is 2.25 bits per heavy atom. The van der Waals surface area contributed by atoms with Gasteiger partial charge in [-0.05, 0) is 48.0 Å². The van der Waals surface area contributed by atoms with Gasteiger partial charge in [-0.3, -0.25) is 4.99 Å². The van der Waals surface area contributed by atoms with Crippen molar-refractivity contribution in [3.63, 3.8) is 0 Å². The number of aliphatic imine (C=N–C) groups is 1. The van der Waals surface area contributed by atoms with Gasteiger partial charge in [0.15, 0.2) is 0 Å². The number of methoxy groups -OCH3 is 1. The van der Waals surface area contributed by atoms with Crippen LogP contribution in [0.4, 0.5) is 5.69 Å². The van der Waals surface area contributed by atoms with E-state index < -0.39 is 0 Å². The van der Waals surface area contributed by atoms with E-state index in [1.54, 1.807) is 48.7 Å². The lowest BCUT2D eigenvalue weighted by Crippen LogP contribution is -1.99. The molecule has 2 aromatic carbocycles. The number of ether oxygens (including phenoxy) is 1. The molecule has 0 spiro atoms. The van der Waals surface area contributed by atoms with Gasteiger partial charge in [0, 0.05) is 16.3 Å². The van der Waals surface area contributed by atoms with Crippen LogP contribution >= 0.6 is 23.2 Å². The summed E-state index contributed by atoms with van der Waals surface area (Å²) in [6.07, 6.45) is 1.66. The Bertz CT molecular complexity index is 631. The first kappa shape index (κ1) is 14.6. The maximum Gasteiger partial charge on any atom is 0.337 e. The van der Waals surface area contributed by atoms with Gasteiger partial charge in [0.05, 0.1) is 18.4 Å². The smallest absolute Gasteiger partial charge is 0.337 e. The quantitative estimate of drug-likeness (QED) is 0.617. The molecule has 3 nitrogen and oxygen atoms in total. The number of nitrogens with zero attached hydrogens (tertiary/aromatic N) is 1. The molecule has 0 saturated carbocycles. The molecule has 102 valence electrons. The Hall–Kier alpha value is -1.84. The fraction of sp³-hybridized carbons (Fsp3) is 0.0667. The minimum absolute atomic E-state index is 0.373. The van der Waals surface area contributed by atoms with E-state index in [1.807, 2.05) is 0 Å². The topological polar surface area (TPSA) is 38.7 Å². The molecular weight excluding hydrogens is 297 g/mol. The van der Waals surface area contributed by atoms with Gasteiger partial charge in [0.2, 0.25) is 0 Å². The maximum atomic E-state index is 11.3. The number of rotatable bonds is 3. The molecule has 2 rings (SSSR count). The Morgan fingerprint density at radius 1 is 1.10 bits per heavy atom. The Labute approximate surface area is 126 Å². The third kappa shape index (κ3) is 3.83. The summed E-state index contributed by atoms with van der Waals surface area (Å²) in [5, 5.41) is 1.11. The van der Waals surface area contributed by atoms with Gasteiger partial charge < -0.3 is 4.74 Å². The molecule has 0 bridgehead atoms. The lowest BCUT2D eigenvalue weighted by Gasteiger charge is -2.00. The summed E-state index contributed by atoms with van der Waals surface area (Å²) in [4.78, 5) is 15.6. The molecule has 5 heteroatoms. The van der Waals surface area contributed by atoms with Crippen LogP contribution in [-0.2, 0) is 4.74 Å². The predicted octanol–water partition coefficient (Wildman–Crippen LogP) is 4.53. The number of carbonyl (C=O) groups excluding carboxylic acids is 1. The van der Waals surface area contributed by atoms with Gasteiger partial charge in [0.1, 0.15) is 0 Å². The minimum Gasteiger partial charge on any atom is -0.465 e. The molecule has 0 aromatic heterocycles. The van der Waals surface area contributed by atoms with Crippen LogP contribution in [0.2, 0.25) is 10.0 Å². The van der Waals surface area contributed by atoms with E-state index >= 15 is 0 Å². The van der Waals surface area contributed by atoms with Crippen LogP contribution in [0.1, 0.15) is 15.9 Å². The number of benzene rings is 2. The second-order valence-electron chi connectivity index (χ2n) is 4.00. The van der Waals surface area contributed by atoms with E-state index in [0.717, 1.165) is 5.56 Å². The van der Waals surface area contributed by atoms with Crippen molar-refractivity contribution in [2.45, 2.75) is 0 Å². The second-order valence-corrected chi connectivity index (χ2v) is 4.87. The Kier molecular flexibility index (Phi) is 4.77. The molecular formula is C15H11Cl2NO2. The number of hydrogen-bond donors (Lipinski definition) is 0. The molecule has 0 radical (unpaired) electrons. The van der Waals surface area contributed by atoms with Gasteiger partial charge in [-0.2, -0.15) is 0 Å². The SMILES string of the molecule is COC(=O)c1ccc(N=Cc2cc(Cl)cc(Cl)c2)cc1. The van der Waals surface area contributed by atoms with E-state index in [0.29, 0.717) is 21.3 Å². The summed E-state index contributed by atoms with van der Waals surface area (Å²) in [6, 6.07) is 12.0. The lowest BCUT2D eigenvalue weighted by molar-refractivity contribution is 0.0601. The predicted molar refractivity (Wildman–Crippen MR) is 81.5 cm³/mol. The fourth-order valence-corrected chi connectivity index (χ4v) is 2.14. The third-order valence-electron chi connectivity index (χ3n) is 2.54. The highest BCUT2D eigenvalue weighted by Gasteiger charge is 2.03. The van der Waals surface area contributed by atoms with Gasteiger partial charge in [-0.25, -0.2) is 4.79 Å². The van der Waals surface area contributed by atoms with E-state index in [9.17, 15) is 4.79 Å². The van der Waals surface area contributed by atoms with E-state index in [1.165, 1.54) is 7.11 Å². The molecule has 20 heavy (non-hydrogen) atoms. The average molecular weight is 308 g/mol. The van der Waals surface area contributed by atoms with Crippen LogP contribution in [0.5, 0.6) is 0 Å². The first-order valence-electron chi connectivity index (χ1n) is 5.77. The second kappa shape index (κ2) is 6.55. The molecule has 0 aliphatic carbocycles. The maximum absolute atomic E-state index is 11.3. The molecule has 0 atom stereocenters. The molecule has 0 heterocycles. The van der Waals surface area contributed by atoms with Gasteiger partial charge in [-0.1, -0.05) is 23.2 Å². The van der Waals surface area contributed by atoms with Crippen molar-refractivity contribution in [1.82, 2.24) is 0 Å². The lowest BCUT2D eigenvalue weighted by atomic mass is 10.2. The molecule has 0 aliphatic rings. The van der Waals surface area contributed by atoms with Crippen LogP contribution in [0.25, 0.3) is 0 Å². The normalized spacial score (nSPS) is 10.8. The largest absolute Gasteiger partial charge is 0.465 e. The molecule has 2 aromatic rings. The van der Waals surface area contributed by atoms with E-state index in [-0.39, 0.29) is 5.97 Å². The molecule has 0 unspecified atom stereocenters. The summed E-state index contributed by atoms with van der Waals surface area (Å²) in [6.45, 7) is 0. The van der Waals surface area contributed by atoms with Gasteiger partial charge in [-0.15, -0.1) is 0 Å². The van der Waals surface area contributed by atoms with Crippen LogP contribution in [0.15, 0.2) is 47.5 Å². The molecule has 0 amide bonds. The van der Waals surface area contributed by atoms with Crippen LogP contribution < -0.4 is 0 Å². The van der Waals surface area contributed by atoms with Crippen LogP contribution in [0, 0.1) is 0 Å². The number of hydrogen-bond acceptors (Lipinski definition) is 3. The summed E-state index contributed by atoms with van der Waals surface area (Å²) in [5.41, 5.74) is 2.01. The first-order chi connectivity index (χ1) is 9.58. The van der Waals surface area contributed by atoms with Crippen molar-refractivity contribution in [2.75, 3.05) is 7.11 Å². The van der Waals surface area contributed by atoms with Crippen molar-refractivity contribution < 1.29 is 9.53 Å². The fourth-order valence-electron chi connectivity index (χ4n) is 1.60. The monoisotopic (exact) mass is 307 g/mol. The highest BCUT2D eigenvalue weighted by molar-refractivity contribution is 6.35. The molecule has 0 fully saturated rings. The summed E-state index contributed by atoms with van der Waals surface area (Å²) < 4.78 is 4.63. The summed E-state index contributed by atoms with van der Waals surface area (Å²) >= 11 is 11.8. The van der Waals surface area contributed by atoms with Crippen molar-refractivity contribution >= 4 is 41.1 Å². The zero-order chi connectivity index (χ0) is 14.5. The highest BCUT2D eigenvalue weighted by Crippen LogP contribution is 2.19. The van der Waals surface area contributed by atoms with Gasteiger partial charge in [0.25, 0.3) is 0 Å². The standard InChI is InChI=1S/C15H11Cl2NO2/c1-20-15(19)11-2-4-14(5-3-11)18-9-10-6-12(16)8-13(17)7-10/h2-9H,1H3. The van der Waals surface area contributed by atoms with Crippen molar-refractivity contribution in [3.8, 4) is 0 Å². The van der Waals surface area contributed by atoms with Gasteiger partial charge >= 0.3 is 5.97 Å². The van der Waals surface area contributed by atoms with Crippen LogP contribution in [-0.4, -0.2) is 19.3 Å².